The maximum absolute atomic E-state index is 13.1. The molecule has 39 heavy (non-hydrogen) atoms. The number of aliphatic hydroxyl groups is 1. The van der Waals surface area contributed by atoms with E-state index in [2.05, 4.69) is 33.9 Å². The van der Waals surface area contributed by atoms with E-state index < -0.39 is 25.9 Å². The van der Waals surface area contributed by atoms with E-state index in [0.717, 1.165) is 18.3 Å². The maximum atomic E-state index is 13.1. The summed E-state index contributed by atoms with van der Waals surface area (Å²) < 4.78 is 18.5. The number of carbonyl (C=O) groups is 3. The summed E-state index contributed by atoms with van der Waals surface area (Å²) >= 11 is 0. The number of fused-ring (bicyclic) bond motifs is 1. The maximum Gasteiger partial charge on any atom is 0.311 e. The summed E-state index contributed by atoms with van der Waals surface area (Å²) in [5.74, 6) is -0.766. The second-order valence-corrected chi connectivity index (χ2v) is 19.2. The van der Waals surface area contributed by atoms with Gasteiger partial charge in [-0.2, -0.15) is 0 Å². The Bertz CT molecular complexity index is 934. The Kier molecular flexibility index (Phi) is 9.97. The molecule has 2 fully saturated rings. The standard InChI is InChI=1S/C31H52O7Si/c1-10-31(6,7)29(35)37-26-14-20(18-32)13-21-15-25(33)19(2)24(28(21)26)12-11-22-16-23(17-27(34)36-22)38-39(8,9)30(3,4)5/h15,18-20,22-26,28,33H,10-14,16-17H2,1-9H3/t19-,20+,22-,23-,24+,25-,26+,28-/m1/s1. The van der Waals surface area contributed by atoms with E-state index in [-0.39, 0.29) is 59.3 Å². The van der Waals surface area contributed by atoms with Crippen LogP contribution in [0.4, 0.5) is 0 Å². The number of hydrogen-bond acceptors (Lipinski definition) is 7. The summed E-state index contributed by atoms with van der Waals surface area (Å²) in [5.41, 5.74) is 0.406. The second-order valence-electron chi connectivity index (χ2n) is 14.4. The molecular weight excluding hydrogens is 512 g/mol. The first-order valence-electron chi connectivity index (χ1n) is 14.9. The molecule has 2 aliphatic carbocycles. The van der Waals surface area contributed by atoms with Crippen LogP contribution in [0.15, 0.2) is 11.6 Å². The molecule has 3 rings (SSSR count). The molecule has 7 nitrogen and oxygen atoms in total. The number of hydrogen-bond donors (Lipinski definition) is 1. The molecule has 0 radical (unpaired) electrons. The molecule has 1 saturated carbocycles. The van der Waals surface area contributed by atoms with Crippen molar-refractivity contribution in [3.05, 3.63) is 11.6 Å². The van der Waals surface area contributed by atoms with Crippen LogP contribution in [0.25, 0.3) is 0 Å². The van der Waals surface area contributed by atoms with Crippen LogP contribution in [-0.4, -0.2) is 56.1 Å². The predicted molar refractivity (Wildman–Crippen MR) is 153 cm³/mol. The van der Waals surface area contributed by atoms with Crippen LogP contribution in [0.3, 0.4) is 0 Å². The van der Waals surface area contributed by atoms with Crippen molar-refractivity contribution in [3.63, 3.8) is 0 Å². The lowest BCUT2D eigenvalue weighted by Crippen LogP contribution is -2.48. The largest absolute Gasteiger partial charge is 0.462 e. The van der Waals surface area contributed by atoms with Crippen molar-refractivity contribution < 1.29 is 33.4 Å². The van der Waals surface area contributed by atoms with Gasteiger partial charge in [-0.15, -0.1) is 0 Å². The highest BCUT2D eigenvalue weighted by molar-refractivity contribution is 6.74. The minimum atomic E-state index is -2.03. The van der Waals surface area contributed by atoms with Gasteiger partial charge in [-0.1, -0.05) is 46.3 Å². The van der Waals surface area contributed by atoms with Gasteiger partial charge in [-0.25, -0.2) is 0 Å². The molecule has 1 heterocycles. The number of cyclic esters (lactones) is 1. The number of rotatable bonds is 9. The Morgan fingerprint density at radius 2 is 1.82 bits per heavy atom. The molecule has 8 atom stereocenters. The van der Waals surface area contributed by atoms with Gasteiger partial charge in [0.1, 0.15) is 18.5 Å². The SMILES string of the molecule is CCC(C)(C)C(=O)O[C@H]1C[C@@H](C=O)CC2=C[C@@H](O)[C@H](C)[C@H](CC[C@@H]3C[C@@H](O[Si](C)(C)C(C)(C)C)CC(=O)O3)[C@@H]21. The van der Waals surface area contributed by atoms with Crippen LogP contribution in [-0.2, 0) is 28.3 Å². The van der Waals surface area contributed by atoms with Crippen LogP contribution in [0, 0.1) is 29.1 Å². The van der Waals surface area contributed by atoms with Gasteiger partial charge in [-0.3, -0.25) is 9.59 Å². The first kappa shape index (κ1) is 32.0. The van der Waals surface area contributed by atoms with Crippen LogP contribution in [0.2, 0.25) is 18.1 Å². The highest BCUT2D eigenvalue weighted by Crippen LogP contribution is 2.48. The lowest BCUT2D eigenvalue weighted by molar-refractivity contribution is -0.168. The highest BCUT2D eigenvalue weighted by atomic mass is 28.4. The molecule has 0 aromatic carbocycles. The van der Waals surface area contributed by atoms with E-state index in [1.807, 2.05) is 33.8 Å². The molecule has 1 saturated heterocycles. The molecule has 0 bridgehead atoms. The molecule has 0 spiro atoms. The first-order valence-corrected chi connectivity index (χ1v) is 17.8. The third kappa shape index (κ3) is 7.42. The smallest absolute Gasteiger partial charge is 0.311 e. The molecular formula is C31H52O7Si. The quantitative estimate of drug-likeness (QED) is 0.159. The number of carbonyl (C=O) groups excluding carboxylic acids is 3. The zero-order valence-electron chi connectivity index (χ0n) is 25.6. The molecule has 0 aromatic heterocycles. The third-order valence-corrected chi connectivity index (χ3v) is 14.7. The second kappa shape index (κ2) is 12.2. The first-order chi connectivity index (χ1) is 18.0. The van der Waals surface area contributed by atoms with Crippen molar-refractivity contribution in [2.24, 2.45) is 29.1 Å². The molecule has 8 heteroatoms. The third-order valence-electron chi connectivity index (χ3n) is 10.1. The topological polar surface area (TPSA) is 99.1 Å². The van der Waals surface area contributed by atoms with Crippen LogP contribution in [0.1, 0.15) is 93.4 Å². The van der Waals surface area contributed by atoms with E-state index in [1.165, 1.54) is 0 Å². The average Bonchev–Trinajstić information content (AvgIpc) is 2.82. The van der Waals surface area contributed by atoms with E-state index >= 15 is 0 Å². The van der Waals surface area contributed by atoms with Crippen LogP contribution < -0.4 is 0 Å². The van der Waals surface area contributed by atoms with E-state index in [0.29, 0.717) is 32.1 Å². The van der Waals surface area contributed by atoms with E-state index in [1.54, 1.807) is 0 Å². The Labute approximate surface area is 236 Å². The van der Waals surface area contributed by atoms with Gasteiger partial charge in [0.25, 0.3) is 0 Å². The monoisotopic (exact) mass is 564 g/mol. The van der Waals surface area contributed by atoms with Crippen molar-refractivity contribution >= 4 is 26.5 Å². The molecule has 3 aliphatic rings. The van der Waals surface area contributed by atoms with Gasteiger partial charge in [-0.05, 0) is 75.9 Å². The van der Waals surface area contributed by atoms with E-state index in [9.17, 15) is 19.5 Å². The number of aldehydes is 1. The molecule has 0 unspecified atom stereocenters. The van der Waals surface area contributed by atoms with Crippen molar-refractivity contribution in [1.29, 1.82) is 0 Å². The average molecular weight is 565 g/mol. The van der Waals surface area contributed by atoms with Crippen molar-refractivity contribution in [3.8, 4) is 0 Å². The summed E-state index contributed by atoms with van der Waals surface area (Å²) in [6, 6.07) is 0. The fraction of sp³-hybridized carbons (Fsp3) is 0.839. The summed E-state index contributed by atoms with van der Waals surface area (Å²) in [6.45, 7) is 18.8. The fourth-order valence-electron chi connectivity index (χ4n) is 6.08. The fourth-order valence-corrected chi connectivity index (χ4v) is 7.45. The van der Waals surface area contributed by atoms with Crippen molar-refractivity contribution in [1.82, 2.24) is 0 Å². The number of ether oxygens (including phenoxy) is 2. The minimum absolute atomic E-state index is 0.0375. The van der Waals surface area contributed by atoms with Gasteiger partial charge < -0.3 is 23.8 Å². The molecule has 0 aromatic rings. The van der Waals surface area contributed by atoms with Crippen LogP contribution in [0.5, 0.6) is 0 Å². The Morgan fingerprint density at radius 3 is 2.41 bits per heavy atom. The Balaban J connectivity index is 1.78. The zero-order chi connectivity index (χ0) is 29.3. The number of aliphatic hydroxyl groups excluding tert-OH is 1. The van der Waals surface area contributed by atoms with Gasteiger partial charge in [0, 0.05) is 18.3 Å². The molecule has 1 N–H and O–H groups in total. The Hall–Kier alpha value is -1.51. The minimum Gasteiger partial charge on any atom is -0.462 e. The summed E-state index contributed by atoms with van der Waals surface area (Å²) in [4.78, 5) is 37.5. The predicted octanol–water partition coefficient (Wildman–Crippen LogP) is 5.99. The van der Waals surface area contributed by atoms with E-state index in [4.69, 9.17) is 13.9 Å². The normalized spacial score (nSPS) is 34.0. The number of esters is 2. The van der Waals surface area contributed by atoms with Gasteiger partial charge in [0.15, 0.2) is 8.32 Å². The lowest BCUT2D eigenvalue weighted by atomic mass is 9.61. The molecule has 1 aliphatic heterocycles. The summed E-state index contributed by atoms with van der Waals surface area (Å²) in [6.07, 6.45) is 5.49. The summed E-state index contributed by atoms with van der Waals surface area (Å²) in [7, 11) is -2.03. The van der Waals surface area contributed by atoms with Gasteiger partial charge in [0.05, 0.1) is 24.0 Å². The zero-order valence-corrected chi connectivity index (χ0v) is 26.6. The lowest BCUT2D eigenvalue weighted by Gasteiger charge is -2.47. The van der Waals surface area contributed by atoms with Crippen molar-refractivity contribution in [2.75, 3.05) is 0 Å². The Morgan fingerprint density at radius 1 is 1.15 bits per heavy atom. The molecule has 0 amide bonds. The van der Waals surface area contributed by atoms with Gasteiger partial charge in [0.2, 0.25) is 0 Å². The molecule has 222 valence electrons. The highest BCUT2D eigenvalue weighted by Gasteiger charge is 2.48. The summed E-state index contributed by atoms with van der Waals surface area (Å²) in [5, 5.41) is 11.0. The van der Waals surface area contributed by atoms with Crippen molar-refractivity contribution in [2.45, 2.75) is 136 Å². The van der Waals surface area contributed by atoms with Crippen LogP contribution >= 0.6 is 0 Å². The van der Waals surface area contributed by atoms with Gasteiger partial charge >= 0.3 is 11.9 Å².